The summed E-state index contributed by atoms with van der Waals surface area (Å²) < 4.78 is 12.0. The van der Waals surface area contributed by atoms with Crippen molar-refractivity contribution in [2.75, 3.05) is 13.2 Å². The topological polar surface area (TPSA) is 93.1 Å². The van der Waals surface area contributed by atoms with Gasteiger partial charge in [0, 0.05) is 0 Å². The number of aliphatic hydroxyl groups excluding tert-OH is 2. The molecule has 0 spiro atoms. The van der Waals surface area contributed by atoms with Crippen LogP contribution in [0, 0.1) is 0 Å². The Morgan fingerprint density at radius 3 is 1.52 bits per heavy atom. The van der Waals surface area contributed by atoms with Crippen molar-refractivity contribution in [3.63, 3.8) is 0 Å². The Labute approximate surface area is 141 Å². The molecule has 0 fully saturated rings. The van der Waals surface area contributed by atoms with Gasteiger partial charge >= 0.3 is 142 Å². The van der Waals surface area contributed by atoms with Crippen molar-refractivity contribution in [1.82, 2.24) is 0 Å². The van der Waals surface area contributed by atoms with Crippen LogP contribution in [0.2, 0.25) is 8.87 Å². The second kappa shape index (κ2) is 11.0. The fraction of sp³-hybridized carbons (Fsp3) is 0.833. The summed E-state index contributed by atoms with van der Waals surface area (Å²) >= 11 is 4.29. The van der Waals surface area contributed by atoms with Crippen LogP contribution >= 0.6 is 25.3 Å². The summed E-state index contributed by atoms with van der Waals surface area (Å²) in [4.78, 5) is 23.9. The van der Waals surface area contributed by atoms with Gasteiger partial charge < -0.3 is 0 Å². The second-order valence-corrected chi connectivity index (χ2v) is 16.2. The molecule has 0 saturated carbocycles. The van der Waals surface area contributed by atoms with Crippen molar-refractivity contribution in [2.24, 2.45) is 0 Å². The zero-order chi connectivity index (χ0) is 16.5. The number of carbonyl (C=O) groups excluding carboxylic acids is 2. The summed E-state index contributed by atoms with van der Waals surface area (Å²) in [7, 11) is 0. The SMILES string of the molecule is C[CH2][Sn]([CH2]C)([O]C(=O)C(S)CCO)[O]C(=O)C(S)CCO. The van der Waals surface area contributed by atoms with Gasteiger partial charge in [0.15, 0.2) is 0 Å². The Bertz CT molecular complexity index is 310. The standard InChI is InChI=1S/2C4H8O3S.2C2H5.Sn/c2*5-2-1-3(8)4(6)7;2*1-2;/h2*3,5,8H,1-2H2,(H,6,7);2*1H2,2H3;/q;;;;+2/p-2. The van der Waals surface area contributed by atoms with Crippen molar-refractivity contribution in [1.29, 1.82) is 0 Å². The van der Waals surface area contributed by atoms with E-state index in [2.05, 4.69) is 25.3 Å². The van der Waals surface area contributed by atoms with Crippen LogP contribution in [0.15, 0.2) is 0 Å². The Morgan fingerprint density at radius 2 is 1.29 bits per heavy atom. The van der Waals surface area contributed by atoms with Gasteiger partial charge in [-0.15, -0.1) is 0 Å². The third-order valence-corrected chi connectivity index (χ3v) is 13.4. The van der Waals surface area contributed by atoms with Crippen LogP contribution in [0.1, 0.15) is 26.7 Å². The first-order valence-corrected chi connectivity index (χ1v) is 14.3. The molecule has 0 aromatic heterocycles. The molecule has 0 radical (unpaired) electrons. The summed E-state index contributed by atoms with van der Waals surface area (Å²) in [5, 5.41) is 16.2. The number of rotatable bonds is 10. The minimum atomic E-state index is -3.85. The minimum absolute atomic E-state index is 0.168. The summed E-state index contributed by atoms with van der Waals surface area (Å²) in [5.41, 5.74) is 0. The van der Waals surface area contributed by atoms with Crippen LogP contribution in [0.25, 0.3) is 0 Å². The first-order valence-electron chi connectivity index (χ1n) is 6.89. The average Bonchev–Trinajstić information content (AvgIpc) is 2.46. The molecule has 0 aromatic rings. The van der Waals surface area contributed by atoms with Gasteiger partial charge in [-0.05, 0) is 0 Å². The fourth-order valence-electron chi connectivity index (χ4n) is 1.54. The van der Waals surface area contributed by atoms with E-state index >= 15 is 0 Å². The molecule has 0 amide bonds. The predicted octanol–water partition coefficient (Wildman–Crippen LogP) is 0.916. The van der Waals surface area contributed by atoms with Crippen LogP contribution in [-0.2, 0) is 15.7 Å². The first kappa shape index (κ1) is 21.4. The second-order valence-electron chi connectivity index (χ2n) is 4.52. The van der Waals surface area contributed by atoms with Gasteiger partial charge in [-0.1, -0.05) is 0 Å². The van der Waals surface area contributed by atoms with E-state index in [0.717, 1.165) is 0 Å². The van der Waals surface area contributed by atoms with Gasteiger partial charge in [0.05, 0.1) is 0 Å². The molecule has 21 heavy (non-hydrogen) atoms. The monoisotopic (exact) mass is 448 g/mol. The summed E-state index contributed by atoms with van der Waals surface area (Å²) in [6.07, 6.45) is 0.371. The van der Waals surface area contributed by atoms with Crippen molar-refractivity contribution >= 4 is 56.4 Å². The summed E-state index contributed by atoms with van der Waals surface area (Å²) in [6, 6.07) is 0. The van der Waals surface area contributed by atoms with Gasteiger partial charge in [-0.25, -0.2) is 0 Å². The van der Waals surface area contributed by atoms with E-state index in [9.17, 15) is 9.59 Å². The van der Waals surface area contributed by atoms with Crippen LogP contribution in [0.4, 0.5) is 0 Å². The van der Waals surface area contributed by atoms with Gasteiger partial charge in [0.1, 0.15) is 0 Å². The predicted molar refractivity (Wildman–Crippen MR) is 87.9 cm³/mol. The van der Waals surface area contributed by atoms with Gasteiger partial charge in [-0.2, -0.15) is 0 Å². The van der Waals surface area contributed by atoms with E-state index in [1.807, 2.05) is 13.8 Å². The molecule has 2 N–H and O–H groups in total. The third kappa shape index (κ3) is 7.45. The molecule has 9 heteroatoms. The molecular formula is C12H24O6S2Sn. The summed E-state index contributed by atoms with van der Waals surface area (Å²) in [6.45, 7) is 3.30. The van der Waals surface area contributed by atoms with Crippen molar-refractivity contribution in [3.8, 4) is 0 Å². The van der Waals surface area contributed by atoms with Crippen LogP contribution in [0.5, 0.6) is 0 Å². The normalized spacial score (nSPS) is 14.4. The van der Waals surface area contributed by atoms with Crippen LogP contribution in [-0.4, -0.2) is 65.1 Å². The molecule has 0 bridgehead atoms. The van der Waals surface area contributed by atoms with E-state index < -0.39 is 41.6 Å². The molecule has 0 aliphatic rings. The molecule has 2 unspecified atom stereocenters. The number of thiol groups is 2. The van der Waals surface area contributed by atoms with E-state index in [1.165, 1.54) is 0 Å². The van der Waals surface area contributed by atoms with Crippen molar-refractivity contribution in [2.45, 2.75) is 46.1 Å². The summed E-state index contributed by atoms with van der Waals surface area (Å²) in [5.74, 6) is -1.12. The maximum atomic E-state index is 11.9. The van der Waals surface area contributed by atoms with Crippen LogP contribution < -0.4 is 0 Å². The zero-order valence-electron chi connectivity index (χ0n) is 12.3. The van der Waals surface area contributed by atoms with Gasteiger partial charge in [-0.3, -0.25) is 0 Å². The Hall–Kier alpha value is 0.359. The molecule has 0 aliphatic carbocycles. The molecule has 0 rings (SSSR count). The molecule has 6 nitrogen and oxygen atoms in total. The fourth-order valence-corrected chi connectivity index (χ4v) is 8.54. The van der Waals surface area contributed by atoms with E-state index in [4.69, 9.17) is 16.4 Å². The maximum absolute atomic E-state index is 11.9. The van der Waals surface area contributed by atoms with Crippen molar-refractivity contribution in [3.05, 3.63) is 0 Å². The van der Waals surface area contributed by atoms with E-state index in [1.54, 1.807) is 0 Å². The average molecular weight is 447 g/mol. The van der Waals surface area contributed by atoms with E-state index in [0.29, 0.717) is 8.87 Å². The number of hydrogen-bond donors (Lipinski definition) is 4. The Morgan fingerprint density at radius 1 is 0.952 bits per heavy atom. The number of aliphatic hydroxyl groups is 2. The molecule has 0 saturated heterocycles. The van der Waals surface area contributed by atoms with E-state index in [-0.39, 0.29) is 26.1 Å². The van der Waals surface area contributed by atoms with Crippen molar-refractivity contribution < 1.29 is 26.0 Å². The third-order valence-electron chi connectivity index (χ3n) is 3.00. The molecular weight excluding hydrogens is 423 g/mol. The first-order chi connectivity index (χ1) is 9.85. The quantitative estimate of drug-likeness (QED) is 0.294. The zero-order valence-corrected chi connectivity index (χ0v) is 17.0. The number of carbonyl (C=O) groups is 2. The van der Waals surface area contributed by atoms with Crippen LogP contribution in [0.3, 0.4) is 0 Å². The molecule has 0 aromatic carbocycles. The Kier molecular flexibility index (Phi) is 11.2. The molecule has 0 aliphatic heterocycles. The number of hydrogen-bond acceptors (Lipinski definition) is 8. The van der Waals surface area contributed by atoms with Gasteiger partial charge in [0.25, 0.3) is 0 Å². The molecule has 2 atom stereocenters. The Balaban J connectivity index is 4.83. The van der Waals surface area contributed by atoms with Gasteiger partial charge in [0.2, 0.25) is 0 Å². The molecule has 124 valence electrons. The molecule has 0 heterocycles.